The summed E-state index contributed by atoms with van der Waals surface area (Å²) in [5, 5.41) is 5.02. The third kappa shape index (κ3) is 2.69. The van der Waals surface area contributed by atoms with Crippen LogP contribution in [0, 0.1) is 0 Å². The Morgan fingerprint density at radius 1 is 1.43 bits per heavy atom. The lowest BCUT2D eigenvalue weighted by atomic mass is 10.2. The van der Waals surface area contributed by atoms with Gasteiger partial charge in [0.2, 0.25) is 0 Å². The highest BCUT2D eigenvalue weighted by atomic mass is 32.1. The standard InChI is InChI=1S/C16H17N3OS/c1-11(2)19-13-5-7-21-15(13)8-14(19)16(20)18-10-12-4-3-6-17-9-12/h3-9,11H,10H2,1-2H3,(H,18,20). The monoisotopic (exact) mass is 299 g/mol. The van der Waals surface area contributed by atoms with Crippen LogP contribution in [-0.4, -0.2) is 15.5 Å². The third-order valence-electron chi connectivity index (χ3n) is 3.39. The molecule has 0 unspecified atom stereocenters. The molecule has 0 aliphatic carbocycles. The smallest absolute Gasteiger partial charge is 0.268 e. The molecule has 3 aromatic rings. The second-order valence-electron chi connectivity index (χ2n) is 5.21. The lowest BCUT2D eigenvalue weighted by molar-refractivity contribution is 0.0940. The number of pyridine rings is 1. The Hall–Kier alpha value is -2.14. The first-order valence-corrected chi connectivity index (χ1v) is 7.80. The van der Waals surface area contributed by atoms with Crippen molar-refractivity contribution in [1.82, 2.24) is 14.9 Å². The zero-order valence-electron chi connectivity index (χ0n) is 12.0. The molecule has 3 rings (SSSR count). The van der Waals surface area contributed by atoms with Gasteiger partial charge in [0.25, 0.3) is 5.91 Å². The molecule has 0 bridgehead atoms. The van der Waals surface area contributed by atoms with Gasteiger partial charge in [0, 0.05) is 25.0 Å². The Kier molecular flexibility index (Phi) is 3.75. The first kappa shape index (κ1) is 13.8. The van der Waals surface area contributed by atoms with Gasteiger partial charge >= 0.3 is 0 Å². The van der Waals surface area contributed by atoms with E-state index in [-0.39, 0.29) is 11.9 Å². The Morgan fingerprint density at radius 3 is 3.00 bits per heavy atom. The molecule has 0 aliphatic rings. The van der Waals surface area contributed by atoms with E-state index in [2.05, 4.69) is 40.2 Å². The van der Waals surface area contributed by atoms with Crippen LogP contribution in [0.15, 0.2) is 42.0 Å². The summed E-state index contributed by atoms with van der Waals surface area (Å²) >= 11 is 1.66. The van der Waals surface area contributed by atoms with Gasteiger partial charge in [0.15, 0.2) is 0 Å². The Balaban J connectivity index is 1.84. The second kappa shape index (κ2) is 5.69. The van der Waals surface area contributed by atoms with Crippen molar-refractivity contribution in [2.24, 2.45) is 0 Å². The summed E-state index contributed by atoms with van der Waals surface area (Å²) in [6, 6.07) is 8.11. The molecular formula is C16H17N3OS. The van der Waals surface area contributed by atoms with Crippen LogP contribution in [-0.2, 0) is 6.54 Å². The number of hydrogen-bond acceptors (Lipinski definition) is 3. The number of nitrogens with one attached hydrogen (secondary N) is 1. The van der Waals surface area contributed by atoms with Gasteiger partial charge in [-0.1, -0.05) is 6.07 Å². The maximum absolute atomic E-state index is 12.5. The molecule has 0 atom stereocenters. The highest BCUT2D eigenvalue weighted by Crippen LogP contribution is 2.28. The van der Waals surface area contributed by atoms with Crippen LogP contribution < -0.4 is 5.32 Å². The number of fused-ring (bicyclic) bond motifs is 1. The molecule has 0 saturated carbocycles. The number of carbonyl (C=O) groups is 1. The zero-order chi connectivity index (χ0) is 14.8. The van der Waals surface area contributed by atoms with E-state index in [0.29, 0.717) is 6.54 Å². The maximum atomic E-state index is 12.5. The molecule has 108 valence electrons. The van der Waals surface area contributed by atoms with Crippen LogP contribution in [0.5, 0.6) is 0 Å². The Bertz CT molecular complexity index is 758. The van der Waals surface area contributed by atoms with Crippen molar-refractivity contribution in [2.45, 2.75) is 26.4 Å². The van der Waals surface area contributed by atoms with Gasteiger partial charge in [-0.2, -0.15) is 0 Å². The first-order chi connectivity index (χ1) is 10.2. The molecule has 1 amide bonds. The van der Waals surface area contributed by atoms with Crippen molar-refractivity contribution in [3.8, 4) is 0 Å². The SMILES string of the molecule is CC(C)n1c(C(=O)NCc2cccnc2)cc2sccc21. The van der Waals surface area contributed by atoms with E-state index in [9.17, 15) is 4.79 Å². The van der Waals surface area contributed by atoms with Crippen LogP contribution in [0.2, 0.25) is 0 Å². The Morgan fingerprint density at radius 2 is 2.29 bits per heavy atom. The molecular weight excluding hydrogens is 282 g/mol. The van der Waals surface area contributed by atoms with E-state index in [1.807, 2.05) is 18.2 Å². The molecule has 3 heterocycles. The number of rotatable bonds is 4. The Labute approximate surface area is 127 Å². The molecule has 0 spiro atoms. The summed E-state index contributed by atoms with van der Waals surface area (Å²) in [6.45, 7) is 4.67. The normalized spacial score (nSPS) is 11.2. The van der Waals surface area contributed by atoms with Gasteiger partial charge in [-0.15, -0.1) is 11.3 Å². The fraction of sp³-hybridized carbons (Fsp3) is 0.250. The number of nitrogens with zero attached hydrogens (tertiary/aromatic N) is 2. The molecule has 4 nitrogen and oxygen atoms in total. The maximum Gasteiger partial charge on any atom is 0.268 e. The highest BCUT2D eigenvalue weighted by molar-refractivity contribution is 7.17. The third-order valence-corrected chi connectivity index (χ3v) is 4.24. The summed E-state index contributed by atoms with van der Waals surface area (Å²) in [5.74, 6) is -0.0454. The van der Waals surface area contributed by atoms with Crippen molar-refractivity contribution >= 4 is 27.5 Å². The van der Waals surface area contributed by atoms with Gasteiger partial charge in [-0.05, 0) is 43.0 Å². The molecule has 21 heavy (non-hydrogen) atoms. The minimum Gasteiger partial charge on any atom is -0.347 e. The molecule has 3 aromatic heterocycles. The number of carbonyl (C=O) groups excluding carboxylic acids is 1. The van der Waals surface area contributed by atoms with Crippen LogP contribution in [0.3, 0.4) is 0 Å². The van der Waals surface area contributed by atoms with Crippen molar-refractivity contribution in [1.29, 1.82) is 0 Å². The second-order valence-corrected chi connectivity index (χ2v) is 6.16. The van der Waals surface area contributed by atoms with E-state index in [1.165, 1.54) is 0 Å². The molecule has 0 radical (unpaired) electrons. The predicted molar refractivity (Wildman–Crippen MR) is 85.6 cm³/mol. The number of amides is 1. The fourth-order valence-electron chi connectivity index (χ4n) is 2.45. The molecule has 1 N–H and O–H groups in total. The van der Waals surface area contributed by atoms with Crippen molar-refractivity contribution in [3.05, 3.63) is 53.3 Å². The van der Waals surface area contributed by atoms with Crippen LogP contribution >= 0.6 is 11.3 Å². The fourth-order valence-corrected chi connectivity index (χ4v) is 3.26. The first-order valence-electron chi connectivity index (χ1n) is 6.92. The van der Waals surface area contributed by atoms with E-state index in [1.54, 1.807) is 23.7 Å². The zero-order valence-corrected chi connectivity index (χ0v) is 12.9. The summed E-state index contributed by atoms with van der Waals surface area (Å²) in [6.07, 6.45) is 3.49. The number of hydrogen-bond donors (Lipinski definition) is 1. The average Bonchev–Trinajstić information content (AvgIpc) is 3.05. The van der Waals surface area contributed by atoms with Gasteiger partial charge in [-0.3, -0.25) is 9.78 Å². The van der Waals surface area contributed by atoms with E-state index in [0.717, 1.165) is 21.5 Å². The van der Waals surface area contributed by atoms with E-state index < -0.39 is 0 Å². The van der Waals surface area contributed by atoms with Crippen LogP contribution in [0.4, 0.5) is 0 Å². The van der Waals surface area contributed by atoms with E-state index in [4.69, 9.17) is 0 Å². The lowest BCUT2D eigenvalue weighted by Gasteiger charge is -2.14. The molecule has 0 aromatic carbocycles. The molecule has 0 aliphatic heterocycles. The number of thiophene rings is 1. The largest absolute Gasteiger partial charge is 0.347 e. The summed E-state index contributed by atoms with van der Waals surface area (Å²) in [7, 11) is 0. The molecule has 0 fully saturated rings. The molecule has 5 heteroatoms. The summed E-state index contributed by atoms with van der Waals surface area (Å²) in [4.78, 5) is 16.5. The van der Waals surface area contributed by atoms with Gasteiger partial charge < -0.3 is 9.88 Å². The van der Waals surface area contributed by atoms with Gasteiger partial charge in [-0.25, -0.2) is 0 Å². The highest BCUT2D eigenvalue weighted by Gasteiger charge is 2.17. The van der Waals surface area contributed by atoms with E-state index >= 15 is 0 Å². The van der Waals surface area contributed by atoms with Gasteiger partial charge in [0.1, 0.15) is 5.69 Å². The quantitative estimate of drug-likeness (QED) is 0.800. The van der Waals surface area contributed by atoms with Crippen LogP contribution in [0.25, 0.3) is 10.2 Å². The van der Waals surface area contributed by atoms with Crippen LogP contribution in [0.1, 0.15) is 35.9 Å². The topological polar surface area (TPSA) is 46.9 Å². The van der Waals surface area contributed by atoms with Crippen molar-refractivity contribution < 1.29 is 4.79 Å². The minimum absolute atomic E-state index is 0.0454. The lowest BCUT2D eigenvalue weighted by Crippen LogP contribution is -2.26. The van der Waals surface area contributed by atoms with Crippen molar-refractivity contribution in [3.63, 3.8) is 0 Å². The summed E-state index contributed by atoms with van der Waals surface area (Å²) < 4.78 is 3.24. The van der Waals surface area contributed by atoms with Gasteiger partial charge in [0.05, 0.1) is 10.2 Å². The number of aromatic nitrogens is 2. The molecule has 0 saturated heterocycles. The average molecular weight is 299 g/mol. The van der Waals surface area contributed by atoms with Crippen molar-refractivity contribution in [2.75, 3.05) is 0 Å². The minimum atomic E-state index is -0.0454. The predicted octanol–water partition coefficient (Wildman–Crippen LogP) is 3.61. The summed E-state index contributed by atoms with van der Waals surface area (Å²) in [5.41, 5.74) is 2.84.